The number of nitrogens with zero attached hydrogens (tertiary/aromatic N) is 2. The zero-order valence-corrected chi connectivity index (χ0v) is 17.5. The Morgan fingerprint density at radius 3 is 2.38 bits per heavy atom. The van der Waals surface area contributed by atoms with E-state index >= 15 is 0 Å². The molecule has 0 unspecified atom stereocenters. The van der Waals surface area contributed by atoms with Gasteiger partial charge in [0.2, 0.25) is 10.0 Å². The topological polar surface area (TPSA) is 95.5 Å². The molecule has 0 atom stereocenters. The summed E-state index contributed by atoms with van der Waals surface area (Å²) >= 11 is 0.928. The second-order valence-electron chi connectivity index (χ2n) is 5.95. The van der Waals surface area contributed by atoms with Crippen molar-refractivity contribution in [3.8, 4) is 0 Å². The van der Waals surface area contributed by atoms with Crippen LogP contribution in [-0.2, 0) is 35.0 Å². The van der Waals surface area contributed by atoms with Crippen LogP contribution in [0, 0.1) is 0 Å². The Labute approximate surface area is 171 Å². The highest BCUT2D eigenvalue weighted by Gasteiger charge is 2.33. The van der Waals surface area contributed by atoms with Gasteiger partial charge in [0, 0.05) is 11.9 Å². The van der Waals surface area contributed by atoms with Gasteiger partial charge in [-0.1, -0.05) is 24.3 Å². The van der Waals surface area contributed by atoms with E-state index in [1.807, 2.05) is 6.92 Å². The van der Waals surface area contributed by atoms with Gasteiger partial charge in [-0.05, 0) is 25.1 Å². The molecule has 0 saturated carbocycles. The van der Waals surface area contributed by atoms with Gasteiger partial charge in [-0.15, -0.1) is 11.3 Å². The van der Waals surface area contributed by atoms with Gasteiger partial charge < -0.3 is 10.6 Å². The van der Waals surface area contributed by atoms with Crippen LogP contribution in [0.25, 0.3) is 0 Å². The third-order valence-corrected chi connectivity index (χ3v) is 5.89. The standard InChI is InChI=1S/C17H22F3N5O2S2/c1-3-22-16(24-9-15-25-14(10-28-15)17(18,19)20)23-8-12-4-6-13(7-5-12)11-29(26,27)21-2/h4-7,10,21H,3,8-9,11H2,1-2H3,(H2,22,23,24). The highest BCUT2D eigenvalue weighted by atomic mass is 32.2. The van der Waals surface area contributed by atoms with E-state index in [0.29, 0.717) is 29.6 Å². The first-order valence-corrected chi connectivity index (χ1v) is 11.2. The molecule has 2 aromatic rings. The fourth-order valence-electron chi connectivity index (χ4n) is 2.23. The third kappa shape index (κ3) is 7.63. The lowest BCUT2D eigenvalue weighted by Gasteiger charge is -2.10. The van der Waals surface area contributed by atoms with Crippen LogP contribution in [0.15, 0.2) is 34.6 Å². The minimum absolute atomic E-state index is 0.106. The van der Waals surface area contributed by atoms with Crippen molar-refractivity contribution in [2.45, 2.75) is 31.9 Å². The zero-order valence-electron chi connectivity index (χ0n) is 15.9. The average Bonchev–Trinajstić information content (AvgIpc) is 3.14. The number of guanidine groups is 1. The normalized spacial score (nSPS) is 12.8. The molecule has 1 heterocycles. The summed E-state index contributed by atoms with van der Waals surface area (Å²) in [7, 11) is -1.97. The van der Waals surface area contributed by atoms with Crippen LogP contribution in [0.1, 0.15) is 28.8 Å². The number of thiazole rings is 1. The Morgan fingerprint density at radius 2 is 1.83 bits per heavy atom. The monoisotopic (exact) mass is 449 g/mol. The molecule has 3 N–H and O–H groups in total. The molecule has 0 aliphatic rings. The van der Waals surface area contributed by atoms with E-state index in [0.717, 1.165) is 22.3 Å². The molecule has 29 heavy (non-hydrogen) atoms. The van der Waals surface area contributed by atoms with Gasteiger partial charge in [0.1, 0.15) is 5.01 Å². The quantitative estimate of drug-likeness (QED) is 0.425. The van der Waals surface area contributed by atoms with Crippen molar-refractivity contribution in [1.82, 2.24) is 20.3 Å². The van der Waals surface area contributed by atoms with Gasteiger partial charge in [0.25, 0.3) is 0 Å². The fraction of sp³-hybridized carbons (Fsp3) is 0.412. The fourth-order valence-corrected chi connectivity index (χ4v) is 3.74. The highest BCUT2D eigenvalue weighted by Crippen LogP contribution is 2.29. The minimum Gasteiger partial charge on any atom is -0.357 e. The predicted octanol–water partition coefficient (Wildman–Crippen LogP) is 2.47. The van der Waals surface area contributed by atoms with Crippen molar-refractivity contribution in [3.05, 3.63) is 51.5 Å². The zero-order chi connectivity index (χ0) is 21.5. The number of benzene rings is 1. The average molecular weight is 450 g/mol. The van der Waals surface area contributed by atoms with Crippen molar-refractivity contribution >= 4 is 27.3 Å². The number of alkyl halides is 3. The van der Waals surface area contributed by atoms with Crippen LogP contribution in [0.2, 0.25) is 0 Å². The lowest BCUT2D eigenvalue weighted by Crippen LogP contribution is -2.36. The van der Waals surface area contributed by atoms with Crippen LogP contribution in [0.3, 0.4) is 0 Å². The Kier molecular flexibility index (Phi) is 7.99. The molecule has 7 nitrogen and oxygen atoms in total. The highest BCUT2D eigenvalue weighted by molar-refractivity contribution is 7.88. The molecular formula is C17H22F3N5O2S2. The number of nitrogens with one attached hydrogen (secondary N) is 3. The summed E-state index contributed by atoms with van der Waals surface area (Å²) in [6, 6.07) is 7.00. The molecule has 0 spiro atoms. The Bertz CT molecular complexity index is 925. The summed E-state index contributed by atoms with van der Waals surface area (Å²) in [6.45, 7) is 2.89. The number of aliphatic imine (C=N–C) groups is 1. The van der Waals surface area contributed by atoms with Crippen molar-refractivity contribution in [3.63, 3.8) is 0 Å². The van der Waals surface area contributed by atoms with Gasteiger partial charge in [-0.25, -0.2) is 23.1 Å². The maximum Gasteiger partial charge on any atom is 0.434 e. The first-order chi connectivity index (χ1) is 13.6. The summed E-state index contributed by atoms with van der Waals surface area (Å²) in [5.74, 6) is 0.337. The van der Waals surface area contributed by atoms with Gasteiger partial charge in [-0.2, -0.15) is 13.2 Å². The second-order valence-corrected chi connectivity index (χ2v) is 8.82. The van der Waals surface area contributed by atoms with Crippen molar-refractivity contribution in [2.24, 2.45) is 4.99 Å². The molecule has 0 bridgehead atoms. The number of halogens is 3. The second kappa shape index (κ2) is 10.0. The summed E-state index contributed by atoms with van der Waals surface area (Å²) in [5, 5.41) is 7.26. The molecule has 1 aromatic carbocycles. The molecule has 2 rings (SSSR count). The Morgan fingerprint density at radius 1 is 1.17 bits per heavy atom. The Hall–Kier alpha value is -2.18. The summed E-state index contributed by atoms with van der Waals surface area (Å²) in [6.07, 6.45) is -4.45. The van der Waals surface area contributed by atoms with Gasteiger partial charge >= 0.3 is 6.18 Å². The SMILES string of the molecule is CCNC(=NCc1ccc(CS(=O)(=O)NC)cc1)NCc1nc(C(F)(F)F)cs1. The predicted molar refractivity (Wildman–Crippen MR) is 107 cm³/mol. The maximum atomic E-state index is 12.6. The molecule has 0 saturated heterocycles. The third-order valence-electron chi connectivity index (χ3n) is 3.70. The molecule has 160 valence electrons. The van der Waals surface area contributed by atoms with E-state index < -0.39 is 21.9 Å². The van der Waals surface area contributed by atoms with Crippen LogP contribution >= 0.6 is 11.3 Å². The molecule has 0 radical (unpaired) electrons. The van der Waals surface area contributed by atoms with E-state index in [1.165, 1.54) is 7.05 Å². The van der Waals surface area contributed by atoms with E-state index in [-0.39, 0.29) is 12.3 Å². The summed E-state index contributed by atoms with van der Waals surface area (Å²) in [4.78, 5) is 7.97. The molecule has 12 heteroatoms. The number of hydrogen-bond donors (Lipinski definition) is 3. The molecule has 1 aromatic heterocycles. The van der Waals surface area contributed by atoms with Crippen LogP contribution in [-0.4, -0.2) is 33.0 Å². The molecule has 0 amide bonds. The maximum absolute atomic E-state index is 12.6. The molecule has 0 aliphatic carbocycles. The van der Waals surface area contributed by atoms with Crippen molar-refractivity contribution in [1.29, 1.82) is 0 Å². The lowest BCUT2D eigenvalue weighted by atomic mass is 10.1. The Balaban J connectivity index is 1.97. The van der Waals surface area contributed by atoms with Gasteiger partial charge in [-0.3, -0.25) is 0 Å². The van der Waals surface area contributed by atoms with Gasteiger partial charge in [0.05, 0.1) is 18.8 Å². The number of sulfonamides is 1. The van der Waals surface area contributed by atoms with Gasteiger partial charge in [0.15, 0.2) is 11.7 Å². The minimum atomic E-state index is -4.45. The first kappa shape index (κ1) is 23.1. The number of rotatable bonds is 8. The summed E-state index contributed by atoms with van der Waals surface area (Å²) < 4.78 is 63.3. The van der Waals surface area contributed by atoms with Crippen molar-refractivity contribution in [2.75, 3.05) is 13.6 Å². The number of aromatic nitrogens is 1. The van der Waals surface area contributed by atoms with E-state index in [2.05, 4.69) is 25.3 Å². The van der Waals surface area contributed by atoms with Crippen molar-refractivity contribution < 1.29 is 21.6 Å². The molecule has 0 aliphatic heterocycles. The summed E-state index contributed by atoms with van der Waals surface area (Å²) in [5.41, 5.74) is 0.615. The first-order valence-electron chi connectivity index (χ1n) is 8.65. The molecular weight excluding hydrogens is 427 g/mol. The lowest BCUT2D eigenvalue weighted by molar-refractivity contribution is -0.140. The van der Waals surface area contributed by atoms with Crippen LogP contribution in [0.4, 0.5) is 13.2 Å². The van der Waals surface area contributed by atoms with Crippen LogP contribution in [0.5, 0.6) is 0 Å². The number of hydrogen-bond acceptors (Lipinski definition) is 5. The van der Waals surface area contributed by atoms with Crippen LogP contribution < -0.4 is 15.4 Å². The van der Waals surface area contributed by atoms with E-state index in [1.54, 1.807) is 24.3 Å². The molecule has 0 fully saturated rings. The van der Waals surface area contributed by atoms with E-state index in [4.69, 9.17) is 0 Å². The van der Waals surface area contributed by atoms with E-state index in [9.17, 15) is 21.6 Å². The largest absolute Gasteiger partial charge is 0.434 e. The smallest absolute Gasteiger partial charge is 0.357 e.